The molecule has 148 valence electrons. The van der Waals surface area contributed by atoms with E-state index in [9.17, 15) is 4.79 Å². The number of carbonyl (C=O) groups excluding carboxylic acids is 1. The molecule has 0 spiro atoms. The molecule has 1 fully saturated rings. The van der Waals surface area contributed by atoms with E-state index >= 15 is 0 Å². The summed E-state index contributed by atoms with van der Waals surface area (Å²) in [6.07, 6.45) is 14.0. The van der Waals surface area contributed by atoms with Crippen molar-refractivity contribution in [2.75, 3.05) is 6.54 Å². The van der Waals surface area contributed by atoms with Gasteiger partial charge in [-0.25, -0.2) is 4.98 Å². The number of aromatic nitrogens is 4. The lowest BCUT2D eigenvalue weighted by Crippen LogP contribution is -2.21. The van der Waals surface area contributed by atoms with Crippen molar-refractivity contribution in [3.8, 4) is 0 Å². The van der Waals surface area contributed by atoms with E-state index < -0.39 is 0 Å². The van der Waals surface area contributed by atoms with Crippen molar-refractivity contribution in [3.05, 3.63) is 29.9 Å². The van der Waals surface area contributed by atoms with Crippen molar-refractivity contribution < 1.29 is 14.5 Å². The van der Waals surface area contributed by atoms with Gasteiger partial charge in [0.05, 0.1) is 13.0 Å². The number of carbonyl (C=O) groups is 1. The Morgan fingerprint density at radius 1 is 1.37 bits per heavy atom. The lowest BCUT2D eigenvalue weighted by Gasteiger charge is -2.22. The molecule has 2 aromatic heterocycles. The number of hydrogen-bond acceptors (Lipinski definition) is 7. The third kappa shape index (κ3) is 6.25. The second kappa shape index (κ2) is 10.3. The first-order valence-electron chi connectivity index (χ1n) is 9.94. The number of H-pyrrole nitrogens is 1. The number of imidazole rings is 1. The fourth-order valence-corrected chi connectivity index (χ4v) is 3.93. The van der Waals surface area contributed by atoms with Gasteiger partial charge < -0.3 is 14.7 Å². The van der Waals surface area contributed by atoms with Gasteiger partial charge in [-0.1, -0.05) is 50.1 Å². The fourth-order valence-electron chi connectivity index (χ4n) is 3.93. The number of nitrogens with one attached hydrogen (secondary N) is 2. The Kier molecular flexibility index (Phi) is 7.53. The molecule has 0 aromatic carbocycles. The molecular weight excluding hydrogens is 346 g/mol. The van der Waals surface area contributed by atoms with Crippen LogP contribution >= 0.6 is 0 Å². The van der Waals surface area contributed by atoms with Gasteiger partial charge in [-0.2, -0.15) is 10.5 Å². The topological polar surface area (TPSA) is 117 Å². The molecule has 0 saturated heterocycles. The van der Waals surface area contributed by atoms with Crippen molar-refractivity contribution in [1.29, 1.82) is 0 Å². The molecular formula is C19H29N5O3. The number of rotatable bonds is 11. The third-order valence-corrected chi connectivity index (χ3v) is 5.35. The molecule has 3 N–H and O–H groups in total. The normalized spacial score (nSPS) is 16.5. The first-order valence-corrected chi connectivity index (χ1v) is 9.94. The summed E-state index contributed by atoms with van der Waals surface area (Å²) in [7, 11) is 0. The summed E-state index contributed by atoms with van der Waals surface area (Å²) in [4.78, 5) is 23.7. The number of nitrogens with zero attached hydrogens (tertiary/aromatic N) is 3. The van der Waals surface area contributed by atoms with Crippen LogP contribution in [0.3, 0.4) is 0 Å². The molecule has 0 bridgehead atoms. The third-order valence-electron chi connectivity index (χ3n) is 5.35. The highest BCUT2D eigenvalue weighted by atomic mass is 16.5. The van der Waals surface area contributed by atoms with Crippen LogP contribution in [-0.4, -0.2) is 37.6 Å². The molecule has 1 aliphatic rings. The maximum Gasteiger partial charge on any atom is 0.230 e. The van der Waals surface area contributed by atoms with Crippen molar-refractivity contribution in [3.63, 3.8) is 0 Å². The summed E-state index contributed by atoms with van der Waals surface area (Å²) in [6.45, 7) is -0.0630. The molecule has 0 unspecified atom stereocenters. The van der Waals surface area contributed by atoms with Gasteiger partial charge in [0.2, 0.25) is 5.89 Å². The first kappa shape index (κ1) is 19.7. The summed E-state index contributed by atoms with van der Waals surface area (Å²) in [5.74, 6) is 2.48. The quantitative estimate of drug-likeness (QED) is 0.516. The Bertz CT molecular complexity index is 679. The fraction of sp³-hybridized carbons (Fsp3) is 0.684. The number of Topliss-reactive ketones (excluding diaryl/α,β-unsaturated/α-hetero) is 1. The van der Waals surface area contributed by atoms with Crippen LogP contribution in [0.15, 0.2) is 16.9 Å². The van der Waals surface area contributed by atoms with Crippen LogP contribution in [-0.2, 0) is 11.2 Å². The van der Waals surface area contributed by atoms with Crippen LogP contribution in [0.2, 0.25) is 0 Å². The molecule has 0 amide bonds. The maximum atomic E-state index is 12.0. The predicted molar refractivity (Wildman–Crippen MR) is 98.3 cm³/mol. The van der Waals surface area contributed by atoms with E-state index in [4.69, 9.17) is 9.73 Å². The summed E-state index contributed by atoms with van der Waals surface area (Å²) < 4.78 is 5.46. The lowest BCUT2D eigenvalue weighted by molar-refractivity contribution is -0.120. The van der Waals surface area contributed by atoms with E-state index in [1.165, 1.54) is 38.5 Å². The SMILES string of the molecule is O=C(CNO)C[C@@H](CCCC1CCCCC1)c1nc(Cc2ncc[nH]2)no1. The predicted octanol–water partition coefficient (Wildman–Crippen LogP) is 3.16. The van der Waals surface area contributed by atoms with E-state index in [-0.39, 0.29) is 18.2 Å². The van der Waals surface area contributed by atoms with Crippen LogP contribution in [0.1, 0.15) is 81.2 Å². The highest BCUT2D eigenvalue weighted by molar-refractivity contribution is 5.80. The molecule has 8 heteroatoms. The Labute approximate surface area is 159 Å². The van der Waals surface area contributed by atoms with Gasteiger partial charge in [-0.15, -0.1) is 0 Å². The number of ketones is 1. The minimum atomic E-state index is -0.104. The average Bonchev–Trinajstić information content (AvgIpc) is 3.35. The van der Waals surface area contributed by atoms with E-state index in [0.717, 1.165) is 24.6 Å². The minimum Gasteiger partial charge on any atom is -0.348 e. The van der Waals surface area contributed by atoms with Crippen LogP contribution in [0.5, 0.6) is 0 Å². The number of hydrogen-bond donors (Lipinski definition) is 3. The summed E-state index contributed by atoms with van der Waals surface area (Å²) in [5.41, 5.74) is 1.94. The Morgan fingerprint density at radius 2 is 2.22 bits per heavy atom. The van der Waals surface area contributed by atoms with Crippen LogP contribution in [0.25, 0.3) is 0 Å². The molecule has 27 heavy (non-hydrogen) atoms. The Hall–Kier alpha value is -2.06. The molecule has 3 rings (SSSR count). The van der Waals surface area contributed by atoms with Gasteiger partial charge in [0, 0.05) is 24.7 Å². The standard InChI is InChI=1S/C19H29N5O3/c25-16(13-22-26)11-15(8-4-7-14-5-2-1-3-6-14)19-23-18(24-27-19)12-17-20-9-10-21-17/h9-10,14-15,22,26H,1-8,11-13H2,(H,20,21)/t15-/m1/s1. The highest BCUT2D eigenvalue weighted by Gasteiger charge is 2.23. The zero-order valence-electron chi connectivity index (χ0n) is 15.7. The largest absolute Gasteiger partial charge is 0.348 e. The first-order chi connectivity index (χ1) is 13.2. The lowest BCUT2D eigenvalue weighted by atomic mass is 9.84. The van der Waals surface area contributed by atoms with Gasteiger partial charge in [-0.3, -0.25) is 4.79 Å². The molecule has 0 aliphatic heterocycles. The molecule has 1 aliphatic carbocycles. The summed E-state index contributed by atoms with van der Waals surface area (Å²) in [6, 6.07) is 0. The molecule has 8 nitrogen and oxygen atoms in total. The van der Waals surface area contributed by atoms with Crippen molar-refractivity contribution in [2.24, 2.45) is 5.92 Å². The molecule has 1 saturated carbocycles. The highest BCUT2D eigenvalue weighted by Crippen LogP contribution is 2.31. The van der Waals surface area contributed by atoms with Crippen molar-refractivity contribution >= 4 is 5.78 Å². The zero-order valence-corrected chi connectivity index (χ0v) is 15.7. The minimum absolute atomic E-state index is 0.0630. The average molecular weight is 375 g/mol. The Balaban J connectivity index is 1.58. The van der Waals surface area contributed by atoms with Crippen molar-refractivity contribution in [2.45, 2.75) is 70.1 Å². The zero-order chi connectivity index (χ0) is 18.9. The van der Waals surface area contributed by atoms with Gasteiger partial charge in [0.25, 0.3) is 0 Å². The molecule has 2 aromatic rings. The van der Waals surface area contributed by atoms with E-state index in [1.54, 1.807) is 12.4 Å². The Morgan fingerprint density at radius 3 is 2.96 bits per heavy atom. The second-order valence-electron chi connectivity index (χ2n) is 7.47. The molecule has 1 atom stereocenters. The molecule has 0 radical (unpaired) electrons. The number of aromatic amines is 1. The van der Waals surface area contributed by atoms with Crippen molar-refractivity contribution in [1.82, 2.24) is 25.6 Å². The molecule has 2 heterocycles. The van der Waals surface area contributed by atoms with E-state index in [1.807, 2.05) is 5.48 Å². The van der Waals surface area contributed by atoms with Crippen LogP contribution in [0, 0.1) is 5.92 Å². The number of hydroxylamine groups is 1. The van der Waals surface area contributed by atoms with Gasteiger partial charge >= 0.3 is 0 Å². The van der Waals surface area contributed by atoms with Crippen LogP contribution in [0.4, 0.5) is 0 Å². The van der Waals surface area contributed by atoms with Gasteiger partial charge in [-0.05, 0) is 12.3 Å². The van der Waals surface area contributed by atoms with Gasteiger partial charge in [0.15, 0.2) is 5.82 Å². The van der Waals surface area contributed by atoms with E-state index in [0.29, 0.717) is 24.6 Å². The van der Waals surface area contributed by atoms with Gasteiger partial charge in [0.1, 0.15) is 11.6 Å². The van der Waals surface area contributed by atoms with Crippen LogP contribution < -0.4 is 5.48 Å². The maximum absolute atomic E-state index is 12.0. The summed E-state index contributed by atoms with van der Waals surface area (Å²) in [5, 5.41) is 12.8. The monoisotopic (exact) mass is 375 g/mol. The second-order valence-corrected chi connectivity index (χ2v) is 7.47. The summed E-state index contributed by atoms with van der Waals surface area (Å²) >= 11 is 0. The smallest absolute Gasteiger partial charge is 0.230 e. The van der Waals surface area contributed by atoms with E-state index in [2.05, 4.69) is 20.1 Å².